The summed E-state index contributed by atoms with van der Waals surface area (Å²) in [6.07, 6.45) is 0. The first-order valence-corrected chi connectivity index (χ1v) is 10.6. The number of hydrogen-bond donors (Lipinski definition) is 1. The second-order valence-electron chi connectivity index (χ2n) is 7.10. The summed E-state index contributed by atoms with van der Waals surface area (Å²) in [6, 6.07) is 21.9. The van der Waals surface area contributed by atoms with Crippen LogP contribution >= 0.6 is 0 Å². The Morgan fingerprint density at radius 3 is 1.36 bits per heavy atom. The van der Waals surface area contributed by atoms with Gasteiger partial charge < -0.3 is 0 Å². The predicted molar refractivity (Wildman–Crippen MR) is 117 cm³/mol. The number of aryl methyl sites for hydroxylation is 4. The molecule has 0 atom stereocenters. The molecule has 4 heteroatoms. The van der Waals surface area contributed by atoms with Gasteiger partial charge in [0.15, 0.2) is 0 Å². The normalized spacial score (nSPS) is 11.3. The Morgan fingerprint density at radius 2 is 0.929 bits per heavy atom. The molecule has 28 heavy (non-hydrogen) atoms. The second-order valence-corrected chi connectivity index (χ2v) is 8.46. The zero-order chi connectivity index (χ0) is 20.5. The number of rotatable bonds is 1. The third-order valence-electron chi connectivity index (χ3n) is 5.04. The maximum absolute atomic E-state index is 11.3. The molecule has 1 N–H and O–H groups in total. The number of hydrogen-bond acceptors (Lipinski definition) is 2. The Bertz CT molecular complexity index is 1230. The Balaban J connectivity index is 0.000000167. The molecular formula is C24H24O3S. The van der Waals surface area contributed by atoms with E-state index in [1.807, 2.05) is 19.1 Å². The van der Waals surface area contributed by atoms with Crippen molar-refractivity contribution in [1.82, 2.24) is 0 Å². The molecule has 0 aliphatic rings. The van der Waals surface area contributed by atoms with Gasteiger partial charge in [-0.1, -0.05) is 66.7 Å². The van der Waals surface area contributed by atoms with Gasteiger partial charge in [0.25, 0.3) is 10.1 Å². The average Bonchev–Trinajstić information content (AvgIpc) is 2.62. The number of fused-ring (bicyclic) bond motifs is 2. The topological polar surface area (TPSA) is 54.4 Å². The van der Waals surface area contributed by atoms with Crippen molar-refractivity contribution in [2.45, 2.75) is 32.6 Å². The Labute approximate surface area is 166 Å². The minimum Gasteiger partial charge on any atom is -0.282 e. The van der Waals surface area contributed by atoms with E-state index in [1.165, 1.54) is 21.9 Å². The van der Waals surface area contributed by atoms with Crippen LogP contribution in [0.15, 0.2) is 71.6 Å². The van der Waals surface area contributed by atoms with Crippen LogP contribution in [-0.2, 0) is 10.1 Å². The fourth-order valence-corrected chi connectivity index (χ4v) is 4.49. The molecule has 0 unspecified atom stereocenters. The lowest BCUT2D eigenvalue weighted by molar-refractivity contribution is 0.483. The first kappa shape index (κ1) is 20.1. The molecule has 0 aliphatic carbocycles. The highest BCUT2D eigenvalue weighted by Crippen LogP contribution is 2.28. The van der Waals surface area contributed by atoms with Crippen molar-refractivity contribution >= 4 is 31.7 Å². The summed E-state index contributed by atoms with van der Waals surface area (Å²) in [6.45, 7) is 7.89. The SMILES string of the molecule is Cc1ccc2c(C)cccc2c1S(=O)(=O)O.Cc1cccc2c(C)cccc12. The van der Waals surface area contributed by atoms with Crippen molar-refractivity contribution in [3.8, 4) is 0 Å². The molecule has 0 bridgehead atoms. The van der Waals surface area contributed by atoms with E-state index >= 15 is 0 Å². The lowest BCUT2D eigenvalue weighted by Gasteiger charge is -2.08. The molecule has 0 aliphatic heterocycles. The molecule has 0 saturated carbocycles. The molecule has 0 amide bonds. The van der Waals surface area contributed by atoms with Gasteiger partial charge in [-0.05, 0) is 66.1 Å². The van der Waals surface area contributed by atoms with Crippen molar-refractivity contribution in [3.05, 3.63) is 89.0 Å². The molecular weight excluding hydrogens is 368 g/mol. The van der Waals surface area contributed by atoms with Crippen molar-refractivity contribution in [2.24, 2.45) is 0 Å². The van der Waals surface area contributed by atoms with Crippen LogP contribution in [0.1, 0.15) is 22.3 Å². The van der Waals surface area contributed by atoms with Gasteiger partial charge in [-0.3, -0.25) is 4.55 Å². The lowest BCUT2D eigenvalue weighted by Crippen LogP contribution is -2.02. The van der Waals surface area contributed by atoms with Gasteiger partial charge in [0.2, 0.25) is 0 Å². The van der Waals surface area contributed by atoms with Crippen molar-refractivity contribution < 1.29 is 13.0 Å². The minimum atomic E-state index is -4.18. The third-order valence-corrected chi connectivity index (χ3v) is 6.10. The Kier molecular flexibility index (Phi) is 5.54. The van der Waals surface area contributed by atoms with Crippen LogP contribution in [-0.4, -0.2) is 13.0 Å². The highest BCUT2D eigenvalue weighted by molar-refractivity contribution is 7.86. The second kappa shape index (κ2) is 7.74. The van der Waals surface area contributed by atoms with Crippen LogP contribution in [0, 0.1) is 27.7 Å². The summed E-state index contributed by atoms with van der Waals surface area (Å²) in [5.41, 5.74) is 4.26. The van der Waals surface area contributed by atoms with E-state index in [0.29, 0.717) is 10.9 Å². The van der Waals surface area contributed by atoms with Gasteiger partial charge in [-0.15, -0.1) is 0 Å². The molecule has 0 aromatic heterocycles. The Hall–Kier alpha value is -2.69. The van der Waals surface area contributed by atoms with E-state index in [2.05, 4.69) is 50.2 Å². The van der Waals surface area contributed by atoms with Gasteiger partial charge in [-0.25, -0.2) is 0 Å². The number of benzene rings is 4. The molecule has 0 saturated heterocycles. The zero-order valence-electron chi connectivity index (χ0n) is 16.5. The molecule has 4 aromatic carbocycles. The standard InChI is InChI=1S/C12H12O3S.C12H12/c1-8-4-3-5-11-10(8)7-6-9(2)12(11)16(13,14)15;1-9-5-3-8-12-10(2)6-4-7-11(9)12/h3-7H,1-2H3,(H,13,14,15);3-8H,1-2H3. The van der Waals surface area contributed by atoms with Crippen LogP contribution in [0.3, 0.4) is 0 Å². The Morgan fingerprint density at radius 1 is 0.536 bits per heavy atom. The van der Waals surface area contributed by atoms with Crippen molar-refractivity contribution in [2.75, 3.05) is 0 Å². The maximum Gasteiger partial charge on any atom is 0.295 e. The highest BCUT2D eigenvalue weighted by Gasteiger charge is 2.17. The largest absolute Gasteiger partial charge is 0.295 e. The minimum absolute atomic E-state index is 0.00806. The summed E-state index contributed by atoms with van der Waals surface area (Å²) in [5, 5.41) is 4.17. The van der Waals surface area contributed by atoms with Crippen molar-refractivity contribution in [3.63, 3.8) is 0 Å². The van der Waals surface area contributed by atoms with E-state index in [4.69, 9.17) is 0 Å². The van der Waals surface area contributed by atoms with Gasteiger partial charge in [0, 0.05) is 5.39 Å². The van der Waals surface area contributed by atoms with E-state index in [-0.39, 0.29) is 4.90 Å². The van der Waals surface area contributed by atoms with E-state index in [1.54, 1.807) is 25.1 Å². The molecule has 0 spiro atoms. The van der Waals surface area contributed by atoms with Crippen molar-refractivity contribution in [1.29, 1.82) is 0 Å². The summed E-state index contributed by atoms with van der Waals surface area (Å²) in [7, 11) is -4.18. The fourth-order valence-electron chi connectivity index (χ4n) is 3.56. The van der Waals surface area contributed by atoms with Gasteiger partial charge in [0.05, 0.1) is 0 Å². The first-order valence-electron chi connectivity index (χ1n) is 9.11. The molecule has 144 valence electrons. The van der Waals surface area contributed by atoms with Gasteiger partial charge in [0.1, 0.15) is 4.90 Å². The third kappa shape index (κ3) is 3.93. The van der Waals surface area contributed by atoms with E-state index in [0.717, 1.165) is 10.9 Å². The van der Waals surface area contributed by atoms with Crippen LogP contribution in [0.25, 0.3) is 21.5 Å². The maximum atomic E-state index is 11.3. The molecule has 0 fully saturated rings. The average molecular weight is 393 g/mol. The van der Waals surface area contributed by atoms with Crippen LogP contribution in [0.2, 0.25) is 0 Å². The predicted octanol–water partition coefficient (Wildman–Crippen LogP) is 6.16. The van der Waals surface area contributed by atoms with Gasteiger partial charge in [-0.2, -0.15) is 8.42 Å². The summed E-state index contributed by atoms with van der Waals surface area (Å²) < 4.78 is 31.9. The summed E-state index contributed by atoms with van der Waals surface area (Å²) in [4.78, 5) is 0.00806. The summed E-state index contributed by atoms with van der Waals surface area (Å²) in [5.74, 6) is 0. The molecule has 0 heterocycles. The molecule has 0 radical (unpaired) electrons. The first-order chi connectivity index (χ1) is 13.2. The highest BCUT2D eigenvalue weighted by atomic mass is 32.2. The van der Waals surface area contributed by atoms with Crippen LogP contribution in [0.4, 0.5) is 0 Å². The lowest BCUT2D eigenvalue weighted by atomic mass is 10.0. The molecule has 4 rings (SSSR count). The van der Waals surface area contributed by atoms with Crippen LogP contribution in [0.5, 0.6) is 0 Å². The van der Waals surface area contributed by atoms with E-state index in [9.17, 15) is 13.0 Å². The smallest absolute Gasteiger partial charge is 0.282 e. The zero-order valence-corrected chi connectivity index (χ0v) is 17.3. The molecule has 3 nitrogen and oxygen atoms in total. The van der Waals surface area contributed by atoms with Crippen LogP contribution < -0.4 is 0 Å². The van der Waals surface area contributed by atoms with E-state index < -0.39 is 10.1 Å². The van der Waals surface area contributed by atoms with Gasteiger partial charge >= 0.3 is 0 Å². The quantitative estimate of drug-likeness (QED) is 0.395. The fraction of sp³-hybridized carbons (Fsp3) is 0.167. The summed E-state index contributed by atoms with van der Waals surface area (Å²) >= 11 is 0. The monoisotopic (exact) mass is 392 g/mol. The molecule has 4 aromatic rings.